The van der Waals surface area contributed by atoms with Crippen molar-refractivity contribution in [2.24, 2.45) is 0 Å². The Bertz CT molecular complexity index is 551. The lowest BCUT2D eigenvalue weighted by Crippen LogP contribution is -2.49. The number of hydrogen-bond acceptors (Lipinski definition) is 3. The van der Waals surface area contributed by atoms with Gasteiger partial charge in [-0.15, -0.1) is 0 Å². The Morgan fingerprint density at radius 1 is 1.26 bits per heavy atom. The van der Waals surface area contributed by atoms with Crippen LogP contribution in [0.3, 0.4) is 0 Å². The molecule has 0 aliphatic rings. The Morgan fingerprint density at radius 2 is 1.87 bits per heavy atom. The molecule has 1 amide bonds. The topological polar surface area (TPSA) is 41.6 Å². The molecule has 1 rings (SSSR count). The summed E-state index contributed by atoms with van der Waals surface area (Å²) in [6, 6.07) is 5.62. The van der Waals surface area contributed by atoms with E-state index in [4.69, 9.17) is 16.3 Å². The summed E-state index contributed by atoms with van der Waals surface area (Å²) in [5.41, 5.74) is -0.00809. The molecule has 23 heavy (non-hydrogen) atoms. The second kappa shape index (κ2) is 7.75. The highest BCUT2D eigenvalue weighted by molar-refractivity contribution is 9.10. The van der Waals surface area contributed by atoms with Gasteiger partial charge >= 0.3 is 6.09 Å². The third-order valence-electron chi connectivity index (χ3n) is 3.00. The second-order valence-corrected chi connectivity index (χ2v) is 8.68. The fourth-order valence-corrected chi connectivity index (χ4v) is 2.50. The molecule has 0 fully saturated rings. The molecule has 1 aromatic carbocycles. The van der Waals surface area contributed by atoms with Crippen LogP contribution in [-0.4, -0.2) is 35.2 Å². The number of nitrogens with zero attached hydrogens (tertiary/aromatic N) is 1. The van der Waals surface area contributed by atoms with Crippen LogP contribution < -0.4 is 5.32 Å². The Kier molecular flexibility index (Phi) is 6.78. The Labute approximate surface area is 152 Å². The summed E-state index contributed by atoms with van der Waals surface area (Å²) in [6.07, 6.45) is -0.313. The third kappa shape index (κ3) is 7.00. The molecule has 130 valence electrons. The van der Waals surface area contributed by atoms with Crippen molar-refractivity contribution in [1.82, 2.24) is 4.90 Å². The lowest BCUT2D eigenvalue weighted by atomic mass is 10.1. The van der Waals surface area contributed by atoms with Crippen LogP contribution in [-0.2, 0) is 4.74 Å². The zero-order valence-electron chi connectivity index (χ0n) is 14.7. The first-order chi connectivity index (χ1) is 10.4. The molecule has 0 bridgehead atoms. The van der Waals surface area contributed by atoms with Crippen LogP contribution >= 0.6 is 27.5 Å². The van der Waals surface area contributed by atoms with Crippen LogP contribution in [0.2, 0.25) is 5.02 Å². The molecule has 0 radical (unpaired) electrons. The minimum absolute atomic E-state index is 0.313. The maximum absolute atomic E-state index is 12.4. The molecule has 1 aromatic rings. The average Bonchev–Trinajstić information content (AvgIpc) is 2.34. The molecule has 0 saturated heterocycles. The molecule has 0 spiro atoms. The van der Waals surface area contributed by atoms with Crippen LogP contribution in [0, 0.1) is 0 Å². The minimum atomic E-state index is -0.512. The van der Waals surface area contributed by atoms with Gasteiger partial charge < -0.3 is 15.0 Å². The summed E-state index contributed by atoms with van der Waals surface area (Å²) < 4.78 is 6.45. The minimum Gasteiger partial charge on any atom is -0.444 e. The Hall–Kier alpha value is -0.940. The van der Waals surface area contributed by atoms with E-state index in [-0.39, 0.29) is 11.6 Å². The van der Waals surface area contributed by atoms with Crippen molar-refractivity contribution in [1.29, 1.82) is 0 Å². The van der Waals surface area contributed by atoms with Gasteiger partial charge in [0.2, 0.25) is 0 Å². The third-order valence-corrected chi connectivity index (χ3v) is 3.83. The normalized spacial score (nSPS) is 12.0. The maximum atomic E-state index is 12.4. The van der Waals surface area contributed by atoms with Gasteiger partial charge in [0.1, 0.15) is 5.60 Å². The van der Waals surface area contributed by atoms with Crippen LogP contribution in [0.5, 0.6) is 0 Å². The smallest absolute Gasteiger partial charge is 0.410 e. The molecular formula is C17H26BrClN2O2. The number of anilines is 1. The van der Waals surface area contributed by atoms with E-state index in [1.807, 2.05) is 59.7 Å². The number of carbonyl (C=O) groups excluding carboxylic acids is 1. The van der Waals surface area contributed by atoms with Crippen LogP contribution in [0.15, 0.2) is 22.7 Å². The molecule has 0 heterocycles. The van der Waals surface area contributed by atoms with Gasteiger partial charge in [-0.2, -0.15) is 0 Å². The number of benzene rings is 1. The lowest BCUT2D eigenvalue weighted by Gasteiger charge is -2.37. The van der Waals surface area contributed by atoms with Gasteiger partial charge in [-0.3, -0.25) is 0 Å². The fourth-order valence-electron chi connectivity index (χ4n) is 1.95. The molecule has 0 aliphatic carbocycles. The first kappa shape index (κ1) is 20.1. The van der Waals surface area contributed by atoms with Gasteiger partial charge in [-0.25, -0.2) is 4.79 Å². The van der Waals surface area contributed by atoms with Crippen molar-refractivity contribution in [3.63, 3.8) is 0 Å². The van der Waals surface area contributed by atoms with Crippen molar-refractivity contribution >= 4 is 39.3 Å². The molecular weight excluding hydrogens is 380 g/mol. The van der Waals surface area contributed by atoms with Gasteiger partial charge in [-0.05, 0) is 59.7 Å². The zero-order chi connectivity index (χ0) is 17.8. The van der Waals surface area contributed by atoms with E-state index >= 15 is 0 Å². The van der Waals surface area contributed by atoms with Crippen molar-refractivity contribution in [3.05, 3.63) is 27.7 Å². The predicted octanol–water partition coefficient (Wildman–Crippen LogP) is 5.55. The summed E-state index contributed by atoms with van der Waals surface area (Å²) in [6.45, 7) is 12.7. The van der Waals surface area contributed by atoms with Crippen molar-refractivity contribution < 1.29 is 9.53 Å². The summed E-state index contributed by atoms with van der Waals surface area (Å²) in [4.78, 5) is 14.1. The largest absolute Gasteiger partial charge is 0.444 e. The SMILES string of the molecule is CC(C)(C)OC(=O)N(CCNc1cc(Br)ccc1Cl)C(C)(C)C. The summed E-state index contributed by atoms with van der Waals surface area (Å²) in [5, 5.41) is 3.91. The molecule has 0 aliphatic heterocycles. The molecule has 1 N–H and O–H groups in total. The lowest BCUT2D eigenvalue weighted by molar-refractivity contribution is 0.00749. The predicted molar refractivity (Wildman–Crippen MR) is 100 cm³/mol. The first-order valence-corrected chi connectivity index (χ1v) is 8.77. The zero-order valence-corrected chi connectivity index (χ0v) is 17.0. The van der Waals surface area contributed by atoms with Gasteiger partial charge in [0.05, 0.1) is 10.7 Å². The highest BCUT2D eigenvalue weighted by Gasteiger charge is 2.30. The fraction of sp³-hybridized carbons (Fsp3) is 0.588. The number of carbonyl (C=O) groups is 1. The molecule has 0 atom stereocenters. The van der Waals surface area contributed by atoms with E-state index in [1.165, 1.54) is 0 Å². The average molecular weight is 406 g/mol. The van der Waals surface area contributed by atoms with E-state index in [1.54, 1.807) is 4.90 Å². The first-order valence-electron chi connectivity index (χ1n) is 7.60. The highest BCUT2D eigenvalue weighted by Crippen LogP contribution is 2.25. The Balaban J connectivity index is 2.72. The van der Waals surface area contributed by atoms with Crippen LogP contribution in [0.25, 0.3) is 0 Å². The maximum Gasteiger partial charge on any atom is 0.410 e. The summed E-state index contributed by atoms with van der Waals surface area (Å²) in [7, 11) is 0. The van der Waals surface area contributed by atoms with E-state index in [9.17, 15) is 4.79 Å². The monoisotopic (exact) mass is 404 g/mol. The van der Waals surface area contributed by atoms with Crippen molar-refractivity contribution in [2.75, 3.05) is 18.4 Å². The molecule has 0 aromatic heterocycles. The van der Waals surface area contributed by atoms with Gasteiger partial charge in [0.15, 0.2) is 0 Å². The van der Waals surface area contributed by atoms with Gasteiger partial charge in [0, 0.05) is 23.1 Å². The van der Waals surface area contributed by atoms with E-state index in [2.05, 4.69) is 21.2 Å². The van der Waals surface area contributed by atoms with Crippen LogP contribution in [0.4, 0.5) is 10.5 Å². The molecule has 0 saturated carbocycles. The summed E-state index contributed by atoms with van der Waals surface area (Å²) >= 11 is 9.58. The number of ether oxygens (including phenoxy) is 1. The quantitative estimate of drug-likeness (QED) is 0.714. The standard InChI is InChI=1S/C17H26BrClN2O2/c1-16(2,3)21(15(22)23-17(4,5)6)10-9-20-14-11-12(18)7-8-13(14)19/h7-8,11,20H,9-10H2,1-6H3. The number of rotatable bonds is 4. The Morgan fingerprint density at radius 3 is 2.39 bits per heavy atom. The van der Waals surface area contributed by atoms with Crippen molar-refractivity contribution in [3.8, 4) is 0 Å². The molecule has 0 unspecified atom stereocenters. The van der Waals surface area contributed by atoms with Gasteiger partial charge in [0.25, 0.3) is 0 Å². The number of nitrogens with one attached hydrogen (secondary N) is 1. The van der Waals surface area contributed by atoms with Gasteiger partial charge in [-0.1, -0.05) is 27.5 Å². The van der Waals surface area contributed by atoms with E-state index in [0.717, 1.165) is 10.2 Å². The van der Waals surface area contributed by atoms with Crippen molar-refractivity contribution in [2.45, 2.75) is 52.7 Å². The van der Waals surface area contributed by atoms with Crippen LogP contribution in [0.1, 0.15) is 41.5 Å². The summed E-state index contributed by atoms with van der Waals surface area (Å²) in [5.74, 6) is 0. The number of amides is 1. The molecule has 4 nitrogen and oxygen atoms in total. The van der Waals surface area contributed by atoms with E-state index < -0.39 is 5.60 Å². The van der Waals surface area contributed by atoms with E-state index in [0.29, 0.717) is 18.1 Å². The number of hydrogen-bond donors (Lipinski definition) is 1. The highest BCUT2D eigenvalue weighted by atomic mass is 79.9. The number of halogens is 2. The molecule has 6 heteroatoms. The second-order valence-electron chi connectivity index (χ2n) is 7.35.